The quantitative estimate of drug-likeness (QED) is 0.899. The molecule has 3 nitrogen and oxygen atoms in total. The molecule has 1 rings (SSSR count). The number of methoxy groups -OCH3 is 1. The second-order valence-electron chi connectivity index (χ2n) is 4.43. The molecular weight excluding hydrogens is 282 g/mol. The monoisotopic (exact) mass is 301 g/mol. The molecule has 0 fully saturated rings. The highest BCUT2D eigenvalue weighted by Gasteiger charge is 2.21. The number of hydrogen-bond acceptors (Lipinski definition) is 3. The summed E-state index contributed by atoms with van der Waals surface area (Å²) in [5, 5.41) is 10.0. The van der Waals surface area contributed by atoms with Gasteiger partial charge >= 0.3 is 0 Å². The van der Waals surface area contributed by atoms with Gasteiger partial charge in [-0.15, -0.1) is 0 Å². The maximum Gasteiger partial charge on any atom is 0.128 e. The summed E-state index contributed by atoms with van der Waals surface area (Å²) < 4.78 is 6.44. The van der Waals surface area contributed by atoms with Gasteiger partial charge in [0.1, 0.15) is 5.75 Å². The molecule has 1 atom stereocenters. The molecule has 1 aromatic rings. The Morgan fingerprint density at radius 2 is 2.06 bits per heavy atom. The van der Waals surface area contributed by atoms with E-state index in [0.29, 0.717) is 5.92 Å². The summed E-state index contributed by atoms with van der Waals surface area (Å²) in [5.74, 6) is 1.07. The van der Waals surface area contributed by atoms with E-state index >= 15 is 0 Å². The minimum absolute atomic E-state index is 0.186. The van der Waals surface area contributed by atoms with Crippen LogP contribution in [0.3, 0.4) is 0 Å². The Balaban J connectivity index is 3.53. The van der Waals surface area contributed by atoms with E-state index in [-0.39, 0.29) is 6.54 Å². The highest BCUT2D eigenvalue weighted by atomic mass is 79.9. The van der Waals surface area contributed by atoms with E-state index in [4.69, 9.17) is 10.5 Å². The number of rotatable bonds is 4. The molecule has 0 aliphatic heterocycles. The lowest BCUT2D eigenvalue weighted by Gasteiger charge is -2.22. The van der Waals surface area contributed by atoms with Crippen LogP contribution >= 0.6 is 15.9 Å². The lowest BCUT2D eigenvalue weighted by molar-refractivity contribution is 0.181. The molecule has 1 aromatic carbocycles. The van der Waals surface area contributed by atoms with Crippen molar-refractivity contribution in [3.63, 3.8) is 0 Å². The maximum absolute atomic E-state index is 10.0. The van der Waals surface area contributed by atoms with Crippen LogP contribution in [0.5, 0.6) is 5.75 Å². The van der Waals surface area contributed by atoms with Crippen LogP contribution in [0, 0.1) is 6.92 Å². The van der Waals surface area contributed by atoms with Crippen molar-refractivity contribution < 1.29 is 9.84 Å². The average molecular weight is 302 g/mol. The van der Waals surface area contributed by atoms with Crippen molar-refractivity contribution in [2.45, 2.75) is 32.8 Å². The SMILES string of the molecule is COc1c(C(C)C)cc(Br)c(C)c1C(O)CN. The third kappa shape index (κ3) is 2.81. The van der Waals surface area contributed by atoms with Crippen LogP contribution in [0.15, 0.2) is 10.5 Å². The fourth-order valence-corrected chi connectivity index (χ4v) is 2.40. The molecule has 0 aliphatic carbocycles. The molecule has 0 radical (unpaired) electrons. The lowest BCUT2D eigenvalue weighted by atomic mass is 9.93. The first-order valence-electron chi connectivity index (χ1n) is 5.69. The predicted molar refractivity (Wildman–Crippen MR) is 73.5 cm³/mol. The van der Waals surface area contributed by atoms with E-state index in [1.54, 1.807) is 7.11 Å². The molecule has 0 heterocycles. The van der Waals surface area contributed by atoms with E-state index < -0.39 is 6.10 Å². The highest BCUT2D eigenvalue weighted by Crippen LogP contribution is 2.39. The molecule has 0 saturated carbocycles. The Morgan fingerprint density at radius 1 is 1.47 bits per heavy atom. The van der Waals surface area contributed by atoms with E-state index in [2.05, 4.69) is 29.8 Å². The Labute approximate surface area is 111 Å². The number of aliphatic hydroxyl groups is 1. The smallest absolute Gasteiger partial charge is 0.128 e. The molecule has 0 amide bonds. The second kappa shape index (κ2) is 5.85. The second-order valence-corrected chi connectivity index (χ2v) is 5.28. The molecule has 0 aromatic heterocycles. The largest absolute Gasteiger partial charge is 0.496 e. The minimum Gasteiger partial charge on any atom is -0.496 e. The molecule has 96 valence electrons. The Kier molecular flexibility index (Phi) is 4.98. The van der Waals surface area contributed by atoms with Crippen LogP contribution in [0.4, 0.5) is 0 Å². The van der Waals surface area contributed by atoms with E-state index in [0.717, 1.165) is 26.9 Å². The summed E-state index contributed by atoms with van der Waals surface area (Å²) in [6, 6.07) is 2.05. The zero-order chi connectivity index (χ0) is 13.2. The van der Waals surface area contributed by atoms with Crippen molar-refractivity contribution in [3.05, 3.63) is 27.2 Å². The molecular formula is C13H20BrNO2. The molecule has 0 bridgehead atoms. The molecule has 0 saturated heterocycles. The fraction of sp³-hybridized carbons (Fsp3) is 0.538. The van der Waals surface area contributed by atoms with Crippen LogP contribution in [0.2, 0.25) is 0 Å². The first-order chi connectivity index (χ1) is 7.93. The van der Waals surface area contributed by atoms with Gasteiger partial charge in [0.05, 0.1) is 13.2 Å². The summed E-state index contributed by atoms with van der Waals surface area (Å²) in [5.41, 5.74) is 8.39. The fourth-order valence-electron chi connectivity index (χ4n) is 1.94. The van der Waals surface area contributed by atoms with Crippen molar-refractivity contribution >= 4 is 15.9 Å². The van der Waals surface area contributed by atoms with Crippen LogP contribution < -0.4 is 10.5 Å². The van der Waals surface area contributed by atoms with Gasteiger partial charge in [-0.1, -0.05) is 29.8 Å². The van der Waals surface area contributed by atoms with Gasteiger partial charge < -0.3 is 15.6 Å². The van der Waals surface area contributed by atoms with Crippen LogP contribution in [0.1, 0.15) is 42.6 Å². The van der Waals surface area contributed by atoms with E-state index in [1.807, 2.05) is 13.0 Å². The van der Waals surface area contributed by atoms with Gasteiger partial charge in [0.2, 0.25) is 0 Å². The number of ether oxygens (including phenoxy) is 1. The van der Waals surface area contributed by atoms with E-state index in [1.165, 1.54) is 0 Å². The third-order valence-electron chi connectivity index (χ3n) is 2.93. The Bertz CT molecular complexity index is 405. The third-order valence-corrected chi connectivity index (χ3v) is 3.76. The summed E-state index contributed by atoms with van der Waals surface area (Å²) in [7, 11) is 1.63. The van der Waals surface area contributed by atoms with E-state index in [9.17, 15) is 5.11 Å². The first-order valence-corrected chi connectivity index (χ1v) is 6.48. The van der Waals surface area contributed by atoms with Gasteiger partial charge in [0.25, 0.3) is 0 Å². The number of benzene rings is 1. The molecule has 0 spiro atoms. The van der Waals surface area contributed by atoms with Crippen molar-refractivity contribution in [1.82, 2.24) is 0 Å². The molecule has 1 unspecified atom stereocenters. The van der Waals surface area contributed by atoms with Gasteiger partial charge in [0, 0.05) is 16.6 Å². The molecule has 4 heteroatoms. The van der Waals surface area contributed by atoms with Crippen molar-refractivity contribution in [2.24, 2.45) is 5.73 Å². The standard InChI is InChI=1S/C13H20BrNO2/c1-7(2)9-5-10(14)8(3)12(11(16)6-15)13(9)17-4/h5,7,11,16H,6,15H2,1-4H3. The summed E-state index contributed by atoms with van der Waals surface area (Å²) in [4.78, 5) is 0. The topological polar surface area (TPSA) is 55.5 Å². The number of hydrogen-bond donors (Lipinski definition) is 2. The number of aliphatic hydroxyl groups excluding tert-OH is 1. The zero-order valence-corrected chi connectivity index (χ0v) is 12.3. The Hall–Kier alpha value is -0.580. The highest BCUT2D eigenvalue weighted by molar-refractivity contribution is 9.10. The average Bonchev–Trinajstić information content (AvgIpc) is 2.30. The van der Waals surface area contributed by atoms with Gasteiger partial charge in [-0.2, -0.15) is 0 Å². The molecule has 0 aliphatic rings. The van der Waals surface area contributed by atoms with Gasteiger partial charge in [0.15, 0.2) is 0 Å². The zero-order valence-electron chi connectivity index (χ0n) is 10.7. The normalized spacial score (nSPS) is 12.9. The van der Waals surface area contributed by atoms with Crippen LogP contribution in [0.25, 0.3) is 0 Å². The predicted octanol–water partition coefficient (Wildman–Crippen LogP) is 2.88. The minimum atomic E-state index is -0.694. The first kappa shape index (κ1) is 14.5. The maximum atomic E-state index is 10.0. The van der Waals surface area contributed by atoms with Gasteiger partial charge in [-0.3, -0.25) is 0 Å². The van der Waals surface area contributed by atoms with Crippen molar-refractivity contribution in [1.29, 1.82) is 0 Å². The van der Waals surface area contributed by atoms with Crippen molar-refractivity contribution in [3.8, 4) is 5.75 Å². The van der Waals surface area contributed by atoms with Crippen molar-refractivity contribution in [2.75, 3.05) is 13.7 Å². The summed E-state index contributed by atoms with van der Waals surface area (Å²) in [6.45, 7) is 6.33. The number of halogens is 1. The number of nitrogens with two attached hydrogens (primary N) is 1. The lowest BCUT2D eigenvalue weighted by Crippen LogP contribution is -2.15. The van der Waals surface area contributed by atoms with Gasteiger partial charge in [-0.05, 0) is 30.0 Å². The summed E-state index contributed by atoms with van der Waals surface area (Å²) >= 11 is 3.52. The van der Waals surface area contributed by atoms with Crippen LogP contribution in [-0.4, -0.2) is 18.8 Å². The Morgan fingerprint density at radius 3 is 2.47 bits per heavy atom. The van der Waals surface area contributed by atoms with Gasteiger partial charge in [-0.25, -0.2) is 0 Å². The summed E-state index contributed by atoms with van der Waals surface area (Å²) in [6.07, 6.45) is -0.694. The van der Waals surface area contributed by atoms with Crippen LogP contribution in [-0.2, 0) is 0 Å². The molecule has 3 N–H and O–H groups in total. The molecule has 17 heavy (non-hydrogen) atoms.